The van der Waals surface area contributed by atoms with Gasteiger partial charge in [0.2, 0.25) is 15.9 Å². The van der Waals surface area contributed by atoms with Crippen LogP contribution in [0.3, 0.4) is 0 Å². The summed E-state index contributed by atoms with van der Waals surface area (Å²) >= 11 is 5.88. The van der Waals surface area contributed by atoms with Gasteiger partial charge in [-0.15, -0.1) is 0 Å². The van der Waals surface area contributed by atoms with Crippen molar-refractivity contribution in [3.05, 3.63) is 71.8 Å². The fraction of sp³-hybridized carbons (Fsp3) is 0.105. The Kier molecular flexibility index (Phi) is 5.27. The summed E-state index contributed by atoms with van der Waals surface area (Å²) in [5.74, 6) is -0.445. The predicted octanol–water partition coefficient (Wildman–Crippen LogP) is 3.75. The number of carbonyl (C=O) groups is 1. The third-order valence-electron chi connectivity index (χ3n) is 3.90. The first-order chi connectivity index (χ1) is 12.4. The molecule has 0 aromatic heterocycles. The Morgan fingerprint density at radius 2 is 1.73 bits per heavy atom. The van der Waals surface area contributed by atoms with Crippen molar-refractivity contribution < 1.29 is 13.2 Å². The van der Waals surface area contributed by atoms with Crippen LogP contribution < -0.4 is 5.32 Å². The number of amides is 1. The number of nitrogens with zero attached hydrogens (tertiary/aromatic N) is 1. The molecule has 0 aliphatic heterocycles. The number of halogens is 1. The van der Waals surface area contributed by atoms with E-state index in [0.717, 1.165) is 15.1 Å². The summed E-state index contributed by atoms with van der Waals surface area (Å²) in [5, 5.41) is 4.90. The molecule has 0 fully saturated rings. The van der Waals surface area contributed by atoms with E-state index in [0.29, 0.717) is 10.7 Å². The van der Waals surface area contributed by atoms with Crippen LogP contribution in [0.1, 0.15) is 0 Å². The SMILES string of the molecule is CN(CC(=O)Nc1cccc(Cl)c1)S(=O)(=O)c1ccc2ccccc2c1. The van der Waals surface area contributed by atoms with Crippen LogP contribution in [0.2, 0.25) is 5.02 Å². The lowest BCUT2D eigenvalue weighted by Gasteiger charge is -2.17. The normalized spacial score (nSPS) is 11.7. The summed E-state index contributed by atoms with van der Waals surface area (Å²) in [6.45, 7) is -0.304. The molecule has 1 amide bonds. The first-order valence-corrected chi connectivity index (χ1v) is 9.68. The summed E-state index contributed by atoms with van der Waals surface area (Å²) in [7, 11) is -2.40. The molecule has 3 aromatic carbocycles. The van der Waals surface area contributed by atoms with Gasteiger partial charge in [0.1, 0.15) is 0 Å². The number of hydrogen-bond acceptors (Lipinski definition) is 3. The van der Waals surface area contributed by atoms with Crippen LogP contribution in [0.25, 0.3) is 10.8 Å². The quantitative estimate of drug-likeness (QED) is 0.723. The highest BCUT2D eigenvalue weighted by Gasteiger charge is 2.23. The average molecular weight is 389 g/mol. The first-order valence-electron chi connectivity index (χ1n) is 7.87. The van der Waals surface area contributed by atoms with E-state index in [1.54, 1.807) is 42.5 Å². The maximum absolute atomic E-state index is 12.7. The topological polar surface area (TPSA) is 66.5 Å². The van der Waals surface area contributed by atoms with E-state index < -0.39 is 15.9 Å². The zero-order valence-electron chi connectivity index (χ0n) is 14.0. The van der Waals surface area contributed by atoms with Gasteiger partial charge in [0.05, 0.1) is 11.4 Å². The van der Waals surface area contributed by atoms with Crippen molar-refractivity contribution in [3.8, 4) is 0 Å². The van der Waals surface area contributed by atoms with Gasteiger partial charge in [-0.25, -0.2) is 8.42 Å². The fourth-order valence-corrected chi connectivity index (χ4v) is 3.92. The summed E-state index contributed by atoms with van der Waals surface area (Å²) < 4.78 is 26.5. The van der Waals surface area contributed by atoms with Gasteiger partial charge in [-0.05, 0) is 41.1 Å². The molecule has 5 nitrogen and oxygen atoms in total. The number of fused-ring (bicyclic) bond motifs is 1. The Labute approximate surface area is 157 Å². The number of carbonyl (C=O) groups excluding carboxylic acids is 1. The van der Waals surface area contributed by atoms with E-state index in [4.69, 9.17) is 11.6 Å². The van der Waals surface area contributed by atoms with Crippen LogP contribution in [-0.2, 0) is 14.8 Å². The van der Waals surface area contributed by atoms with Crippen LogP contribution in [0.5, 0.6) is 0 Å². The maximum Gasteiger partial charge on any atom is 0.243 e. The highest BCUT2D eigenvalue weighted by molar-refractivity contribution is 7.89. The zero-order valence-corrected chi connectivity index (χ0v) is 15.6. The number of nitrogens with one attached hydrogen (secondary N) is 1. The molecular formula is C19H17ClN2O3S. The predicted molar refractivity (Wildman–Crippen MR) is 104 cm³/mol. The van der Waals surface area contributed by atoms with Crippen LogP contribution >= 0.6 is 11.6 Å². The largest absolute Gasteiger partial charge is 0.325 e. The molecule has 3 aromatic rings. The molecule has 0 atom stereocenters. The lowest BCUT2D eigenvalue weighted by Crippen LogP contribution is -2.34. The zero-order chi connectivity index (χ0) is 18.7. The summed E-state index contributed by atoms with van der Waals surface area (Å²) in [5.41, 5.74) is 0.513. The van der Waals surface area contributed by atoms with Gasteiger partial charge in [-0.1, -0.05) is 48.0 Å². The minimum atomic E-state index is -3.78. The molecular weight excluding hydrogens is 372 g/mol. The summed E-state index contributed by atoms with van der Waals surface area (Å²) in [6.07, 6.45) is 0. The molecule has 134 valence electrons. The van der Waals surface area contributed by atoms with Gasteiger partial charge in [0, 0.05) is 17.8 Å². The molecule has 7 heteroatoms. The standard InChI is InChI=1S/C19H17ClN2O3S/c1-22(13-19(23)21-17-8-4-7-16(20)12-17)26(24,25)18-10-9-14-5-2-3-6-15(14)11-18/h2-12H,13H2,1H3,(H,21,23). The van der Waals surface area contributed by atoms with E-state index in [1.807, 2.05) is 24.3 Å². The van der Waals surface area contributed by atoms with Gasteiger partial charge < -0.3 is 5.32 Å². The monoisotopic (exact) mass is 388 g/mol. The molecule has 3 rings (SSSR count). The lowest BCUT2D eigenvalue weighted by atomic mass is 10.1. The van der Waals surface area contributed by atoms with E-state index in [2.05, 4.69) is 5.32 Å². The van der Waals surface area contributed by atoms with E-state index in [-0.39, 0.29) is 11.4 Å². The second kappa shape index (κ2) is 7.45. The number of rotatable bonds is 5. The van der Waals surface area contributed by atoms with Gasteiger partial charge in [0.15, 0.2) is 0 Å². The van der Waals surface area contributed by atoms with Crippen molar-refractivity contribution in [1.82, 2.24) is 4.31 Å². The number of anilines is 1. The first kappa shape index (κ1) is 18.4. The second-order valence-corrected chi connectivity index (χ2v) is 8.31. The van der Waals surface area contributed by atoms with Gasteiger partial charge in [-0.2, -0.15) is 4.31 Å². The molecule has 26 heavy (non-hydrogen) atoms. The van der Waals surface area contributed by atoms with Crippen molar-refractivity contribution in [2.24, 2.45) is 0 Å². The fourth-order valence-electron chi connectivity index (χ4n) is 2.56. The Morgan fingerprint density at radius 1 is 1.00 bits per heavy atom. The summed E-state index contributed by atoms with van der Waals surface area (Å²) in [4.78, 5) is 12.3. The van der Waals surface area contributed by atoms with Gasteiger partial charge in [0.25, 0.3) is 0 Å². The smallest absolute Gasteiger partial charge is 0.243 e. The van der Waals surface area contributed by atoms with Gasteiger partial charge >= 0.3 is 0 Å². The molecule has 0 aliphatic rings. The molecule has 0 radical (unpaired) electrons. The number of likely N-dealkylation sites (N-methyl/N-ethyl adjacent to an activating group) is 1. The molecule has 1 N–H and O–H groups in total. The number of sulfonamides is 1. The van der Waals surface area contributed by atoms with Crippen molar-refractivity contribution >= 4 is 44.0 Å². The Bertz CT molecular complexity index is 1070. The lowest BCUT2D eigenvalue weighted by molar-refractivity contribution is -0.116. The van der Waals surface area contributed by atoms with Crippen LogP contribution in [0.15, 0.2) is 71.6 Å². The van der Waals surface area contributed by atoms with Crippen molar-refractivity contribution in [2.75, 3.05) is 18.9 Å². The molecule has 0 saturated carbocycles. The Balaban J connectivity index is 1.76. The molecule has 0 bridgehead atoms. The average Bonchev–Trinajstić information content (AvgIpc) is 2.61. The highest BCUT2D eigenvalue weighted by Crippen LogP contribution is 2.21. The van der Waals surface area contributed by atoms with Crippen LogP contribution in [0.4, 0.5) is 5.69 Å². The van der Waals surface area contributed by atoms with Crippen LogP contribution in [0, 0.1) is 0 Å². The Hall–Kier alpha value is -2.41. The van der Waals surface area contributed by atoms with E-state index in [1.165, 1.54) is 7.05 Å². The number of hydrogen-bond donors (Lipinski definition) is 1. The molecule has 0 unspecified atom stereocenters. The maximum atomic E-state index is 12.7. The van der Waals surface area contributed by atoms with E-state index in [9.17, 15) is 13.2 Å². The third-order valence-corrected chi connectivity index (χ3v) is 5.94. The minimum absolute atomic E-state index is 0.147. The van der Waals surface area contributed by atoms with Crippen molar-refractivity contribution in [3.63, 3.8) is 0 Å². The van der Waals surface area contributed by atoms with Gasteiger partial charge in [-0.3, -0.25) is 4.79 Å². The van der Waals surface area contributed by atoms with Crippen LogP contribution in [-0.4, -0.2) is 32.2 Å². The molecule has 0 spiro atoms. The van der Waals surface area contributed by atoms with E-state index >= 15 is 0 Å². The molecule has 0 saturated heterocycles. The number of benzene rings is 3. The third kappa shape index (κ3) is 4.04. The second-order valence-electron chi connectivity index (χ2n) is 5.83. The minimum Gasteiger partial charge on any atom is -0.325 e. The molecule has 0 aliphatic carbocycles. The molecule has 0 heterocycles. The highest BCUT2D eigenvalue weighted by atomic mass is 35.5. The van der Waals surface area contributed by atoms with Crippen molar-refractivity contribution in [1.29, 1.82) is 0 Å². The van der Waals surface area contributed by atoms with Crippen molar-refractivity contribution in [2.45, 2.75) is 4.90 Å². The summed E-state index contributed by atoms with van der Waals surface area (Å²) in [6, 6.07) is 19.1. The Morgan fingerprint density at radius 3 is 2.46 bits per heavy atom.